The molecule has 2 heterocycles. The van der Waals surface area contributed by atoms with Gasteiger partial charge in [0.15, 0.2) is 0 Å². The van der Waals surface area contributed by atoms with E-state index in [1.807, 2.05) is 0 Å². The smallest absolute Gasteiger partial charge is 0.0127 e. The second-order valence-corrected chi connectivity index (χ2v) is 5.11. The predicted octanol–water partition coefficient (Wildman–Crippen LogP) is 2.13. The third kappa shape index (κ3) is 0.834. The van der Waals surface area contributed by atoms with Crippen molar-refractivity contribution in [3.63, 3.8) is 0 Å². The number of rotatable bonds is 0. The van der Waals surface area contributed by atoms with Gasteiger partial charge in [0.05, 0.1) is 0 Å². The molecule has 3 rings (SSSR count). The van der Waals surface area contributed by atoms with E-state index in [0.717, 1.165) is 23.8 Å². The molecule has 68 valence electrons. The van der Waals surface area contributed by atoms with Gasteiger partial charge in [0.25, 0.3) is 0 Å². The van der Waals surface area contributed by atoms with Gasteiger partial charge in [0.1, 0.15) is 0 Å². The van der Waals surface area contributed by atoms with Crippen LogP contribution in [0.1, 0.15) is 32.6 Å². The zero-order valence-electron chi connectivity index (χ0n) is 8.00. The Morgan fingerprint density at radius 3 is 2.75 bits per heavy atom. The maximum Gasteiger partial charge on any atom is 0.0127 e. The minimum Gasteiger partial charge on any atom is -0.300 e. The van der Waals surface area contributed by atoms with Crippen LogP contribution in [-0.2, 0) is 0 Å². The molecule has 1 heteroatoms. The van der Waals surface area contributed by atoms with E-state index in [0.29, 0.717) is 0 Å². The lowest BCUT2D eigenvalue weighted by Crippen LogP contribution is -2.40. The SMILES string of the molecule is CC1CN2CC1C1CCCCC12. The molecule has 5 unspecified atom stereocenters. The second kappa shape index (κ2) is 2.47. The van der Waals surface area contributed by atoms with E-state index in [4.69, 9.17) is 0 Å². The van der Waals surface area contributed by atoms with E-state index in [9.17, 15) is 0 Å². The maximum atomic E-state index is 2.78. The van der Waals surface area contributed by atoms with Gasteiger partial charge in [-0.25, -0.2) is 0 Å². The average molecular weight is 165 g/mol. The number of piperidine rings is 1. The van der Waals surface area contributed by atoms with Gasteiger partial charge in [-0.1, -0.05) is 19.8 Å². The van der Waals surface area contributed by atoms with Crippen molar-refractivity contribution in [2.24, 2.45) is 17.8 Å². The van der Waals surface area contributed by atoms with Crippen LogP contribution >= 0.6 is 0 Å². The minimum atomic E-state index is 1.00. The molecule has 0 radical (unpaired) electrons. The molecule has 2 bridgehead atoms. The molecular weight excluding hydrogens is 146 g/mol. The summed E-state index contributed by atoms with van der Waals surface area (Å²) in [6, 6.07) is 1.01. The summed E-state index contributed by atoms with van der Waals surface area (Å²) in [5, 5.41) is 0. The quantitative estimate of drug-likeness (QED) is 0.531. The van der Waals surface area contributed by atoms with Crippen molar-refractivity contribution in [3.8, 4) is 0 Å². The third-order valence-electron chi connectivity index (χ3n) is 4.50. The summed E-state index contributed by atoms with van der Waals surface area (Å²) in [5.41, 5.74) is 0. The van der Waals surface area contributed by atoms with Gasteiger partial charge < -0.3 is 0 Å². The van der Waals surface area contributed by atoms with Crippen molar-refractivity contribution in [3.05, 3.63) is 0 Å². The van der Waals surface area contributed by atoms with Crippen LogP contribution in [0.5, 0.6) is 0 Å². The van der Waals surface area contributed by atoms with Crippen LogP contribution < -0.4 is 0 Å². The summed E-state index contributed by atoms with van der Waals surface area (Å²) in [6.07, 6.45) is 6.06. The highest BCUT2D eigenvalue weighted by Crippen LogP contribution is 2.47. The standard InChI is InChI=1S/C11H19N/c1-8-6-12-7-10(8)9-4-2-3-5-11(9)12/h8-11H,2-7H2,1H3. The minimum absolute atomic E-state index is 1.00. The van der Waals surface area contributed by atoms with E-state index >= 15 is 0 Å². The largest absolute Gasteiger partial charge is 0.300 e. The molecule has 0 amide bonds. The van der Waals surface area contributed by atoms with Crippen molar-refractivity contribution < 1.29 is 0 Å². The Bertz CT molecular complexity index is 187. The van der Waals surface area contributed by atoms with Gasteiger partial charge in [-0.15, -0.1) is 0 Å². The normalized spacial score (nSPS) is 57.2. The van der Waals surface area contributed by atoms with Crippen LogP contribution in [0.4, 0.5) is 0 Å². The first-order valence-corrected chi connectivity index (χ1v) is 5.60. The van der Waals surface area contributed by atoms with Gasteiger partial charge in [0, 0.05) is 19.1 Å². The van der Waals surface area contributed by atoms with Gasteiger partial charge in [-0.3, -0.25) is 4.90 Å². The lowest BCUT2D eigenvalue weighted by atomic mass is 9.74. The Morgan fingerprint density at radius 1 is 1.00 bits per heavy atom. The van der Waals surface area contributed by atoms with Gasteiger partial charge in [0.2, 0.25) is 0 Å². The van der Waals surface area contributed by atoms with Crippen LogP contribution in [0.3, 0.4) is 0 Å². The van der Waals surface area contributed by atoms with Crippen molar-refractivity contribution >= 4 is 0 Å². The second-order valence-electron chi connectivity index (χ2n) is 5.11. The van der Waals surface area contributed by atoms with Crippen LogP contribution in [0.15, 0.2) is 0 Å². The summed E-state index contributed by atoms with van der Waals surface area (Å²) < 4.78 is 0. The number of nitrogens with zero attached hydrogens (tertiary/aromatic N) is 1. The van der Waals surface area contributed by atoms with Crippen LogP contribution in [0.2, 0.25) is 0 Å². The Morgan fingerprint density at radius 2 is 1.83 bits per heavy atom. The third-order valence-corrected chi connectivity index (χ3v) is 4.50. The molecule has 1 aliphatic carbocycles. The summed E-state index contributed by atoms with van der Waals surface area (Å²) in [6.45, 7) is 5.30. The van der Waals surface area contributed by atoms with E-state index in [1.165, 1.54) is 38.8 Å². The van der Waals surface area contributed by atoms with Gasteiger partial charge in [-0.05, 0) is 30.6 Å². The van der Waals surface area contributed by atoms with Crippen molar-refractivity contribution in [1.29, 1.82) is 0 Å². The summed E-state index contributed by atoms with van der Waals surface area (Å²) in [4.78, 5) is 2.78. The van der Waals surface area contributed by atoms with Gasteiger partial charge >= 0.3 is 0 Å². The molecule has 3 aliphatic rings. The predicted molar refractivity (Wildman–Crippen MR) is 50.0 cm³/mol. The topological polar surface area (TPSA) is 3.24 Å². The Balaban J connectivity index is 1.84. The molecule has 0 aromatic rings. The van der Waals surface area contributed by atoms with Gasteiger partial charge in [-0.2, -0.15) is 0 Å². The molecule has 0 aromatic carbocycles. The number of hydrogen-bond acceptors (Lipinski definition) is 1. The summed E-state index contributed by atoms with van der Waals surface area (Å²) in [7, 11) is 0. The fraction of sp³-hybridized carbons (Fsp3) is 1.00. The first-order chi connectivity index (χ1) is 5.86. The monoisotopic (exact) mass is 165 g/mol. The van der Waals surface area contributed by atoms with Crippen molar-refractivity contribution in [2.75, 3.05) is 13.1 Å². The zero-order valence-corrected chi connectivity index (χ0v) is 8.00. The van der Waals surface area contributed by atoms with E-state index in [-0.39, 0.29) is 0 Å². The molecule has 5 atom stereocenters. The molecule has 0 aromatic heterocycles. The summed E-state index contributed by atoms with van der Waals surface area (Å²) in [5.74, 6) is 3.18. The lowest BCUT2D eigenvalue weighted by Gasteiger charge is -2.38. The van der Waals surface area contributed by atoms with Crippen LogP contribution in [-0.4, -0.2) is 24.0 Å². The van der Waals surface area contributed by atoms with E-state index < -0.39 is 0 Å². The Labute approximate surface area is 75.1 Å². The fourth-order valence-corrected chi connectivity index (χ4v) is 3.95. The fourth-order valence-electron chi connectivity index (χ4n) is 3.95. The number of fused-ring (bicyclic) bond motifs is 5. The summed E-state index contributed by atoms with van der Waals surface area (Å²) >= 11 is 0. The number of hydrogen-bond donors (Lipinski definition) is 0. The molecule has 1 nitrogen and oxygen atoms in total. The van der Waals surface area contributed by atoms with E-state index in [2.05, 4.69) is 11.8 Å². The lowest BCUT2D eigenvalue weighted by molar-refractivity contribution is 0.118. The molecule has 12 heavy (non-hydrogen) atoms. The molecule has 2 saturated heterocycles. The molecule has 3 fully saturated rings. The zero-order chi connectivity index (χ0) is 8.13. The highest BCUT2D eigenvalue weighted by Gasteiger charge is 2.49. The molecule has 0 N–H and O–H groups in total. The molecular formula is C11H19N. The Kier molecular flexibility index (Phi) is 1.52. The molecule has 0 spiro atoms. The van der Waals surface area contributed by atoms with Crippen LogP contribution in [0, 0.1) is 17.8 Å². The van der Waals surface area contributed by atoms with Crippen molar-refractivity contribution in [1.82, 2.24) is 4.90 Å². The first-order valence-electron chi connectivity index (χ1n) is 5.60. The highest BCUT2D eigenvalue weighted by molar-refractivity contribution is 5.02. The molecule has 1 saturated carbocycles. The maximum absolute atomic E-state index is 2.78. The van der Waals surface area contributed by atoms with E-state index in [1.54, 1.807) is 0 Å². The molecule has 2 aliphatic heterocycles. The first kappa shape index (κ1) is 7.37. The highest BCUT2D eigenvalue weighted by atomic mass is 15.2. The Hall–Kier alpha value is -0.0400. The average Bonchev–Trinajstić information content (AvgIpc) is 2.62. The van der Waals surface area contributed by atoms with Crippen molar-refractivity contribution in [2.45, 2.75) is 38.6 Å². The van der Waals surface area contributed by atoms with Crippen LogP contribution in [0.25, 0.3) is 0 Å².